The van der Waals surface area contributed by atoms with Crippen LogP contribution < -0.4 is 0 Å². The number of thioether (sulfide) groups is 1. The van der Waals surface area contributed by atoms with Crippen LogP contribution in [0.1, 0.15) is 18.9 Å². The summed E-state index contributed by atoms with van der Waals surface area (Å²) in [5.41, 5.74) is 0.265. The Labute approximate surface area is 172 Å². The van der Waals surface area contributed by atoms with E-state index in [9.17, 15) is 22.4 Å². The minimum Gasteiger partial charge on any atom is -0.337 e. The van der Waals surface area contributed by atoms with E-state index in [0.29, 0.717) is 13.0 Å². The Morgan fingerprint density at radius 2 is 2.14 bits per heavy atom. The zero-order valence-corrected chi connectivity index (χ0v) is 17.6. The monoisotopic (exact) mass is 442 g/mol. The van der Waals surface area contributed by atoms with E-state index in [-0.39, 0.29) is 44.8 Å². The van der Waals surface area contributed by atoms with E-state index in [1.54, 1.807) is 25.1 Å². The van der Waals surface area contributed by atoms with Crippen molar-refractivity contribution in [2.45, 2.75) is 19.4 Å². The Morgan fingerprint density at radius 1 is 1.43 bits per heavy atom. The molecule has 0 radical (unpaired) electrons. The van der Waals surface area contributed by atoms with Crippen LogP contribution in [0.25, 0.3) is 6.08 Å². The van der Waals surface area contributed by atoms with Gasteiger partial charge in [0.1, 0.15) is 16.7 Å². The molecule has 0 saturated carbocycles. The second kappa shape index (κ2) is 8.30. The van der Waals surface area contributed by atoms with Gasteiger partial charge in [-0.25, -0.2) is 12.8 Å². The summed E-state index contributed by atoms with van der Waals surface area (Å²) in [7, 11) is -3.13. The highest BCUT2D eigenvalue weighted by Crippen LogP contribution is 2.33. The summed E-state index contributed by atoms with van der Waals surface area (Å²) in [4.78, 5) is 28.3. The molecule has 0 aliphatic carbocycles. The number of sulfone groups is 1. The van der Waals surface area contributed by atoms with Crippen molar-refractivity contribution in [1.29, 1.82) is 0 Å². The minimum atomic E-state index is -3.13. The van der Waals surface area contributed by atoms with E-state index in [0.717, 1.165) is 11.8 Å². The molecule has 0 bridgehead atoms. The quantitative estimate of drug-likeness (QED) is 0.513. The van der Waals surface area contributed by atoms with Crippen LogP contribution in [0.5, 0.6) is 0 Å². The molecule has 2 aliphatic heterocycles. The number of nitrogens with zero attached hydrogens (tertiary/aromatic N) is 2. The fourth-order valence-corrected chi connectivity index (χ4v) is 6.23. The summed E-state index contributed by atoms with van der Waals surface area (Å²) in [6.07, 6.45) is 1.81. The Morgan fingerprint density at radius 3 is 2.75 bits per heavy atom. The maximum absolute atomic E-state index is 13.8. The molecule has 2 heterocycles. The number of hydrogen-bond donors (Lipinski definition) is 0. The molecule has 2 fully saturated rings. The minimum absolute atomic E-state index is 0.0574. The van der Waals surface area contributed by atoms with Crippen molar-refractivity contribution in [3.63, 3.8) is 0 Å². The van der Waals surface area contributed by atoms with E-state index >= 15 is 0 Å². The molecule has 2 aliphatic rings. The number of benzene rings is 1. The highest BCUT2D eigenvalue weighted by atomic mass is 32.2. The molecule has 1 atom stereocenters. The summed E-state index contributed by atoms with van der Waals surface area (Å²) in [6.45, 7) is 1.85. The van der Waals surface area contributed by atoms with Crippen LogP contribution in [0.4, 0.5) is 4.39 Å². The highest BCUT2D eigenvalue weighted by Gasteiger charge is 2.38. The molecule has 2 saturated heterocycles. The lowest BCUT2D eigenvalue weighted by Crippen LogP contribution is -2.47. The first-order valence-corrected chi connectivity index (χ1v) is 11.8. The van der Waals surface area contributed by atoms with Crippen molar-refractivity contribution in [1.82, 2.24) is 9.80 Å². The molecule has 1 aromatic rings. The van der Waals surface area contributed by atoms with Crippen LogP contribution >= 0.6 is 24.0 Å². The number of carbonyl (C=O) groups excluding carboxylic acids is 2. The van der Waals surface area contributed by atoms with Crippen molar-refractivity contribution in [3.8, 4) is 0 Å². The van der Waals surface area contributed by atoms with Gasteiger partial charge < -0.3 is 4.90 Å². The fourth-order valence-electron chi connectivity index (χ4n) is 3.26. The Balaban J connectivity index is 1.73. The number of thiocarbonyl (C=S) groups is 1. The van der Waals surface area contributed by atoms with Crippen LogP contribution in [0.15, 0.2) is 29.2 Å². The van der Waals surface area contributed by atoms with Gasteiger partial charge >= 0.3 is 0 Å². The first-order chi connectivity index (χ1) is 13.2. The van der Waals surface area contributed by atoms with E-state index < -0.39 is 21.6 Å². The maximum Gasteiger partial charge on any atom is 0.266 e. The van der Waals surface area contributed by atoms with Crippen LogP contribution in [-0.4, -0.2) is 65.0 Å². The van der Waals surface area contributed by atoms with E-state index in [4.69, 9.17) is 12.2 Å². The number of halogens is 1. The number of likely N-dealkylation sites (N-methyl/N-ethyl adjacent to an activating group) is 1. The summed E-state index contributed by atoms with van der Waals surface area (Å²) in [5.74, 6) is -1.26. The largest absolute Gasteiger partial charge is 0.337 e. The molecule has 0 spiro atoms. The van der Waals surface area contributed by atoms with Gasteiger partial charge in [-0.3, -0.25) is 14.5 Å². The van der Waals surface area contributed by atoms with Gasteiger partial charge in [-0.1, -0.05) is 42.2 Å². The van der Waals surface area contributed by atoms with E-state index in [2.05, 4.69) is 0 Å². The maximum atomic E-state index is 13.8. The van der Waals surface area contributed by atoms with Crippen LogP contribution in [-0.2, 0) is 19.4 Å². The molecule has 3 rings (SSSR count). The molecule has 0 aromatic heterocycles. The number of rotatable bonds is 5. The van der Waals surface area contributed by atoms with Crippen LogP contribution in [0.3, 0.4) is 0 Å². The molecule has 1 aromatic carbocycles. The zero-order valence-electron chi connectivity index (χ0n) is 15.1. The van der Waals surface area contributed by atoms with Gasteiger partial charge in [0, 0.05) is 18.2 Å². The van der Waals surface area contributed by atoms with Crippen LogP contribution in [0, 0.1) is 5.82 Å². The van der Waals surface area contributed by atoms with Crippen LogP contribution in [0.2, 0.25) is 0 Å². The number of hydrogen-bond acceptors (Lipinski definition) is 6. The third-order valence-corrected chi connectivity index (χ3v) is 7.80. The van der Waals surface area contributed by atoms with Gasteiger partial charge in [-0.2, -0.15) is 0 Å². The standard InChI is InChI=1S/C18H19FN2O4S3/c1-2-20(13-7-8-28(24,25)11-13)16(22)10-21-17(23)15(27-18(21)26)9-12-5-3-4-6-14(12)19/h3-6,9,13H,2,7-8,10-11H2,1H3/b15-9+/t13-/m0/s1. The molecular formula is C18H19FN2O4S3. The van der Waals surface area contributed by atoms with E-state index in [1.807, 2.05) is 0 Å². The summed E-state index contributed by atoms with van der Waals surface area (Å²) in [5, 5.41) is 0. The van der Waals surface area contributed by atoms with E-state index in [1.165, 1.54) is 21.9 Å². The normalized spacial score (nSPS) is 22.9. The van der Waals surface area contributed by atoms with Crippen molar-refractivity contribution in [2.24, 2.45) is 0 Å². The Kier molecular flexibility index (Phi) is 6.21. The highest BCUT2D eigenvalue weighted by molar-refractivity contribution is 8.26. The first kappa shape index (κ1) is 20.9. The molecular weight excluding hydrogens is 423 g/mol. The predicted octanol–water partition coefficient (Wildman–Crippen LogP) is 2.06. The van der Waals surface area contributed by atoms with Crippen molar-refractivity contribution >= 4 is 56.0 Å². The van der Waals surface area contributed by atoms with Gasteiger partial charge in [0.05, 0.1) is 16.4 Å². The average Bonchev–Trinajstić information content (AvgIpc) is 3.11. The third-order valence-electron chi connectivity index (χ3n) is 4.67. The third kappa shape index (κ3) is 4.44. The molecule has 0 unspecified atom stereocenters. The Hall–Kier alpha value is -1.78. The molecule has 10 heteroatoms. The molecule has 28 heavy (non-hydrogen) atoms. The SMILES string of the molecule is CCN(C(=O)CN1C(=O)/C(=C\c2ccccc2F)SC1=S)[C@H]1CCS(=O)(=O)C1. The van der Waals surface area contributed by atoms with Gasteiger partial charge in [-0.15, -0.1) is 0 Å². The second-order valence-electron chi connectivity index (χ2n) is 6.53. The fraction of sp³-hybridized carbons (Fsp3) is 0.389. The topological polar surface area (TPSA) is 74.8 Å². The van der Waals surface area contributed by atoms with Crippen molar-refractivity contribution in [3.05, 3.63) is 40.6 Å². The Bertz CT molecular complexity index is 961. The van der Waals surface area contributed by atoms with Gasteiger partial charge in [-0.05, 0) is 25.5 Å². The summed E-state index contributed by atoms with van der Waals surface area (Å²) < 4.78 is 37.5. The molecule has 150 valence electrons. The lowest BCUT2D eigenvalue weighted by Gasteiger charge is -2.28. The van der Waals surface area contributed by atoms with Gasteiger partial charge in [0.25, 0.3) is 5.91 Å². The van der Waals surface area contributed by atoms with Gasteiger partial charge in [0.2, 0.25) is 5.91 Å². The second-order valence-corrected chi connectivity index (χ2v) is 10.4. The number of amides is 2. The van der Waals surface area contributed by atoms with Crippen molar-refractivity contribution in [2.75, 3.05) is 24.6 Å². The zero-order chi connectivity index (χ0) is 20.5. The molecule has 2 amide bonds. The molecule has 6 nitrogen and oxygen atoms in total. The van der Waals surface area contributed by atoms with Gasteiger partial charge in [0.15, 0.2) is 9.84 Å². The summed E-state index contributed by atoms with van der Waals surface area (Å²) >= 11 is 6.24. The smallest absolute Gasteiger partial charge is 0.266 e. The lowest BCUT2D eigenvalue weighted by atomic mass is 10.2. The predicted molar refractivity (Wildman–Crippen MR) is 111 cm³/mol. The van der Waals surface area contributed by atoms with Crippen molar-refractivity contribution < 1.29 is 22.4 Å². The number of carbonyl (C=O) groups is 2. The summed E-state index contributed by atoms with van der Waals surface area (Å²) in [6, 6.07) is 5.68. The lowest BCUT2D eigenvalue weighted by molar-refractivity contribution is -0.136. The molecule has 0 N–H and O–H groups in total. The average molecular weight is 443 g/mol. The first-order valence-electron chi connectivity index (χ1n) is 8.71.